The summed E-state index contributed by atoms with van der Waals surface area (Å²) in [7, 11) is 0. The van der Waals surface area contributed by atoms with E-state index in [0.29, 0.717) is 29.2 Å². The summed E-state index contributed by atoms with van der Waals surface area (Å²) in [6.45, 7) is 0. The van der Waals surface area contributed by atoms with Crippen LogP contribution in [0.5, 0.6) is 0 Å². The minimum absolute atomic E-state index is 0.341. The second-order valence-corrected chi connectivity index (χ2v) is 5.98. The van der Waals surface area contributed by atoms with Gasteiger partial charge in [-0.15, -0.1) is 0 Å². The van der Waals surface area contributed by atoms with Crippen LogP contribution in [-0.4, -0.2) is 20.6 Å². The van der Waals surface area contributed by atoms with E-state index < -0.39 is 11.9 Å². The minimum Gasteiger partial charge on any atom is -0.365 e. The number of fused-ring (bicyclic) bond motifs is 1. The Kier molecular flexibility index (Phi) is 2.68. The van der Waals surface area contributed by atoms with Crippen molar-refractivity contribution in [3.8, 4) is 0 Å². The average Bonchev–Trinajstić information content (AvgIpc) is 3.32. The van der Waals surface area contributed by atoms with Gasteiger partial charge in [0, 0.05) is 24.5 Å². The summed E-state index contributed by atoms with van der Waals surface area (Å²) in [5, 5.41) is 6.96. The third kappa shape index (κ3) is 2.45. The van der Waals surface area contributed by atoms with Gasteiger partial charge in [-0.1, -0.05) is 0 Å². The molecule has 7 heteroatoms. The number of hydrogen-bond donors (Lipinski definition) is 1. The first-order valence-corrected chi connectivity index (χ1v) is 7.20. The second-order valence-electron chi connectivity index (χ2n) is 5.98. The van der Waals surface area contributed by atoms with Crippen LogP contribution in [0.1, 0.15) is 31.4 Å². The van der Waals surface area contributed by atoms with Crippen LogP contribution in [0.2, 0.25) is 0 Å². The molecule has 2 saturated carbocycles. The number of aromatic nitrogens is 3. The van der Waals surface area contributed by atoms with Crippen LogP contribution in [0.4, 0.5) is 19.0 Å². The van der Waals surface area contributed by atoms with Gasteiger partial charge in [-0.05, 0) is 37.5 Å². The van der Waals surface area contributed by atoms with E-state index in [0.717, 1.165) is 6.07 Å². The normalized spacial score (nSPS) is 19.4. The maximum atomic E-state index is 12.8. The van der Waals surface area contributed by atoms with E-state index in [1.807, 2.05) is 0 Å². The Balaban J connectivity index is 1.69. The molecule has 0 unspecified atom stereocenters. The van der Waals surface area contributed by atoms with Gasteiger partial charge in [-0.25, -0.2) is 9.50 Å². The minimum atomic E-state index is -4.43. The van der Waals surface area contributed by atoms with Crippen LogP contribution in [-0.2, 0) is 6.18 Å². The molecular formula is C14H15F3N4. The van der Waals surface area contributed by atoms with E-state index in [4.69, 9.17) is 0 Å². The number of rotatable bonds is 4. The van der Waals surface area contributed by atoms with Crippen molar-refractivity contribution in [3.05, 3.63) is 24.2 Å². The molecule has 21 heavy (non-hydrogen) atoms. The first-order chi connectivity index (χ1) is 10.0. The third-order valence-electron chi connectivity index (χ3n) is 4.24. The smallest absolute Gasteiger partial charge is 0.365 e. The number of halogens is 3. The molecule has 112 valence electrons. The average molecular weight is 296 g/mol. The summed E-state index contributed by atoms with van der Waals surface area (Å²) in [6, 6.07) is 1.40. The highest BCUT2D eigenvalue weighted by molar-refractivity contribution is 5.68. The van der Waals surface area contributed by atoms with Crippen molar-refractivity contribution in [3.63, 3.8) is 0 Å². The van der Waals surface area contributed by atoms with Crippen molar-refractivity contribution in [2.75, 3.05) is 5.32 Å². The molecule has 2 aliphatic rings. The molecular weight excluding hydrogens is 281 g/mol. The molecule has 2 aromatic heterocycles. The van der Waals surface area contributed by atoms with Crippen molar-refractivity contribution in [1.82, 2.24) is 14.6 Å². The maximum Gasteiger partial charge on any atom is 0.435 e. The van der Waals surface area contributed by atoms with Crippen LogP contribution < -0.4 is 5.32 Å². The molecule has 0 saturated heterocycles. The van der Waals surface area contributed by atoms with Gasteiger partial charge in [0.05, 0.1) is 0 Å². The second kappa shape index (κ2) is 4.35. The van der Waals surface area contributed by atoms with Gasteiger partial charge in [-0.2, -0.15) is 18.3 Å². The molecule has 0 amide bonds. The first-order valence-electron chi connectivity index (χ1n) is 7.20. The highest BCUT2D eigenvalue weighted by atomic mass is 19.4. The standard InChI is InChI=1S/C14H15F3N4/c15-14(16,17)11-7-10-13(18-5-6-21(10)20-11)19-12(8-1-2-8)9-3-4-9/h5-9,12H,1-4H2,(H,18,19). The van der Waals surface area contributed by atoms with E-state index in [2.05, 4.69) is 15.4 Å². The molecule has 0 aromatic carbocycles. The van der Waals surface area contributed by atoms with Crippen LogP contribution in [0.25, 0.3) is 5.52 Å². The molecule has 4 nitrogen and oxygen atoms in total. The molecule has 0 atom stereocenters. The van der Waals surface area contributed by atoms with Gasteiger partial charge >= 0.3 is 6.18 Å². The Hall–Kier alpha value is -1.79. The van der Waals surface area contributed by atoms with Crippen LogP contribution in [0, 0.1) is 11.8 Å². The Labute approximate surface area is 119 Å². The van der Waals surface area contributed by atoms with Crippen LogP contribution in [0.3, 0.4) is 0 Å². The van der Waals surface area contributed by atoms with Crippen LogP contribution in [0.15, 0.2) is 18.5 Å². The molecule has 0 bridgehead atoms. The number of anilines is 1. The molecule has 2 heterocycles. The van der Waals surface area contributed by atoms with Gasteiger partial charge in [0.15, 0.2) is 11.5 Å². The van der Waals surface area contributed by atoms with Crippen molar-refractivity contribution in [2.45, 2.75) is 37.9 Å². The zero-order valence-electron chi connectivity index (χ0n) is 11.3. The molecule has 4 rings (SSSR count). The van der Waals surface area contributed by atoms with Crippen molar-refractivity contribution in [2.24, 2.45) is 11.8 Å². The van der Waals surface area contributed by atoms with Gasteiger partial charge in [0.1, 0.15) is 5.52 Å². The fourth-order valence-corrected chi connectivity index (χ4v) is 2.86. The SMILES string of the molecule is FC(F)(F)c1cc2c(NC(C3CC3)C3CC3)nccn2n1. The summed E-state index contributed by atoms with van der Waals surface area (Å²) in [6.07, 6.45) is 3.29. The predicted octanol–water partition coefficient (Wildman–Crippen LogP) is 3.35. The van der Waals surface area contributed by atoms with E-state index in [9.17, 15) is 13.2 Å². The Morgan fingerprint density at radius 3 is 2.43 bits per heavy atom. The lowest BCUT2D eigenvalue weighted by Gasteiger charge is -2.18. The molecule has 2 fully saturated rings. The third-order valence-corrected chi connectivity index (χ3v) is 4.24. The van der Waals surface area contributed by atoms with E-state index in [-0.39, 0.29) is 0 Å². The molecule has 0 radical (unpaired) electrons. The molecule has 2 aromatic rings. The number of hydrogen-bond acceptors (Lipinski definition) is 3. The lowest BCUT2D eigenvalue weighted by Crippen LogP contribution is -2.25. The largest absolute Gasteiger partial charge is 0.435 e. The number of nitrogens with one attached hydrogen (secondary N) is 1. The van der Waals surface area contributed by atoms with Crippen molar-refractivity contribution < 1.29 is 13.2 Å². The summed E-state index contributed by atoms with van der Waals surface area (Å²) in [5.74, 6) is 1.79. The van der Waals surface area contributed by atoms with E-state index in [1.54, 1.807) is 0 Å². The topological polar surface area (TPSA) is 42.2 Å². The lowest BCUT2D eigenvalue weighted by atomic mass is 10.1. The Bertz CT molecular complexity index is 658. The summed E-state index contributed by atoms with van der Waals surface area (Å²) < 4.78 is 39.6. The number of nitrogens with zero attached hydrogens (tertiary/aromatic N) is 3. The van der Waals surface area contributed by atoms with E-state index >= 15 is 0 Å². The van der Waals surface area contributed by atoms with Gasteiger partial charge in [0.2, 0.25) is 0 Å². The zero-order valence-corrected chi connectivity index (χ0v) is 11.3. The van der Waals surface area contributed by atoms with Gasteiger partial charge < -0.3 is 5.32 Å². The lowest BCUT2D eigenvalue weighted by molar-refractivity contribution is -0.141. The fraction of sp³-hybridized carbons (Fsp3) is 0.571. The van der Waals surface area contributed by atoms with E-state index in [1.165, 1.54) is 42.6 Å². The summed E-state index contributed by atoms with van der Waals surface area (Å²) in [5.41, 5.74) is -0.496. The zero-order chi connectivity index (χ0) is 14.6. The van der Waals surface area contributed by atoms with Crippen LogP contribution >= 0.6 is 0 Å². The molecule has 2 aliphatic carbocycles. The number of alkyl halides is 3. The summed E-state index contributed by atoms with van der Waals surface area (Å²) >= 11 is 0. The first kappa shape index (κ1) is 12.9. The van der Waals surface area contributed by atoms with Gasteiger partial charge in [-0.3, -0.25) is 0 Å². The molecule has 0 spiro atoms. The molecule has 1 N–H and O–H groups in total. The maximum absolute atomic E-state index is 12.8. The Morgan fingerprint density at radius 1 is 1.19 bits per heavy atom. The highest BCUT2D eigenvalue weighted by Gasteiger charge is 2.42. The molecule has 0 aliphatic heterocycles. The summed E-state index contributed by atoms with van der Waals surface area (Å²) in [4.78, 5) is 4.22. The van der Waals surface area contributed by atoms with Gasteiger partial charge in [0.25, 0.3) is 0 Å². The predicted molar refractivity (Wildman–Crippen MR) is 70.8 cm³/mol. The Morgan fingerprint density at radius 2 is 1.86 bits per heavy atom. The van der Waals surface area contributed by atoms with Crippen molar-refractivity contribution >= 4 is 11.3 Å². The fourth-order valence-electron chi connectivity index (χ4n) is 2.86. The monoisotopic (exact) mass is 296 g/mol. The van der Waals surface area contributed by atoms with Crippen molar-refractivity contribution in [1.29, 1.82) is 0 Å². The quantitative estimate of drug-likeness (QED) is 0.941. The highest BCUT2D eigenvalue weighted by Crippen LogP contribution is 2.46.